The maximum Gasteiger partial charge on any atom is 0.460 e. The molecule has 0 aliphatic rings. The average molecular weight is 432 g/mol. The van der Waals surface area contributed by atoms with Crippen LogP contribution >= 0.6 is 0 Å². The number of hydrogen-bond donors (Lipinski definition) is 1. The third kappa shape index (κ3) is 4.30. The Kier molecular flexibility index (Phi) is 5.87. The summed E-state index contributed by atoms with van der Waals surface area (Å²) in [5.74, 6) is -23.4. The van der Waals surface area contributed by atoms with Crippen LogP contribution in [0.25, 0.3) is 0 Å². The average Bonchev–Trinajstić information content (AvgIpc) is 2.52. The Morgan fingerprint density at radius 1 is 0.852 bits per heavy atom. The summed E-state index contributed by atoms with van der Waals surface area (Å²) in [4.78, 5) is 9.80. The number of benzene rings is 1. The number of alkyl halides is 9. The molecule has 1 N–H and O–H groups in total. The number of carboxylic acid groups (broad SMARTS) is 1. The lowest BCUT2D eigenvalue weighted by atomic mass is 10.0. The van der Waals surface area contributed by atoms with Gasteiger partial charge in [-0.3, -0.25) is 0 Å². The van der Waals surface area contributed by atoms with Crippen LogP contribution in [0.15, 0.2) is 29.2 Å². The van der Waals surface area contributed by atoms with Crippen molar-refractivity contribution >= 4 is 15.8 Å². The van der Waals surface area contributed by atoms with Crippen molar-refractivity contribution < 1.29 is 57.8 Å². The van der Waals surface area contributed by atoms with Gasteiger partial charge < -0.3 is 5.11 Å². The van der Waals surface area contributed by atoms with Gasteiger partial charge >= 0.3 is 29.9 Å². The van der Waals surface area contributed by atoms with Gasteiger partial charge in [0.25, 0.3) is 0 Å². The van der Waals surface area contributed by atoms with E-state index in [4.69, 9.17) is 5.11 Å². The van der Waals surface area contributed by atoms with Crippen LogP contribution in [0.3, 0.4) is 0 Å². The van der Waals surface area contributed by atoms with Crippen molar-refractivity contribution in [1.82, 2.24) is 0 Å². The fourth-order valence-electron chi connectivity index (χ4n) is 1.75. The Balaban J connectivity index is 3.08. The van der Waals surface area contributed by atoms with Gasteiger partial charge in [0.05, 0.1) is 16.2 Å². The molecule has 4 nitrogen and oxygen atoms in total. The summed E-state index contributed by atoms with van der Waals surface area (Å²) < 4.78 is 138. The molecule has 1 aromatic rings. The molecule has 0 bridgehead atoms. The topological polar surface area (TPSA) is 71.4 Å². The Hall–Kier alpha value is -1.99. The minimum absolute atomic E-state index is 0.407. The number of carboxylic acids is 1. The van der Waals surface area contributed by atoms with E-state index in [9.17, 15) is 52.7 Å². The van der Waals surface area contributed by atoms with Gasteiger partial charge in [-0.15, -0.1) is 0 Å². The van der Waals surface area contributed by atoms with Crippen LogP contribution in [0.5, 0.6) is 0 Å². The fraction of sp³-hybridized carbons (Fsp3) is 0.462. The van der Waals surface area contributed by atoms with Crippen molar-refractivity contribution in [2.75, 3.05) is 5.75 Å². The standard InChI is InChI=1S/C13H9F9O4S/c14-10(15,11(16,17)12(18,19)13(20,21)22)5-6-27(25,26)8-3-1-7(2-4-8)9(23)24/h1-4H,5-6H2,(H,23,24). The van der Waals surface area contributed by atoms with Gasteiger partial charge in [-0.25, -0.2) is 13.2 Å². The maximum atomic E-state index is 13.4. The molecule has 154 valence electrons. The van der Waals surface area contributed by atoms with E-state index in [1.807, 2.05) is 0 Å². The maximum absolute atomic E-state index is 13.4. The summed E-state index contributed by atoms with van der Waals surface area (Å²) in [7, 11) is -4.81. The second-order valence-electron chi connectivity index (χ2n) is 5.25. The molecule has 0 fully saturated rings. The summed E-state index contributed by atoms with van der Waals surface area (Å²) >= 11 is 0. The SMILES string of the molecule is O=C(O)c1ccc(S(=O)(=O)CCC(F)(F)C(F)(F)C(F)(F)C(F)(F)F)cc1. The number of carbonyl (C=O) groups is 1. The van der Waals surface area contributed by atoms with Crippen LogP contribution in [0, 0.1) is 0 Å². The highest BCUT2D eigenvalue weighted by Gasteiger charge is 2.81. The molecule has 0 atom stereocenters. The quantitative estimate of drug-likeness (QED) is 0.661. The van der Waals surface area contributed by atoms with E-state index in [1.165, 1.54) is 0 Å². The molecule has 0 spiro atoms. The molecule has 0 aromatic heterocycles. The van der Waals surface area contributed by atoms with Crippen molar-refractivity contribution in [1.29, 1.82) is 0 Å². The first-order valence-electron chi connectivity index (χ1n) is 6.63. The predicted molar refractivity (Wildman–Crippen MR) is 71.0 cm³/mol. The van der Waals surface area contributed by atoms with Crippen LogP contribution in [-0.4, -0.2) is 49.2 Å². The fourth-order valence-corrected chi connectivity index (χ4v) is 3.06. The van der Waals surface area contributed by atoms with E-state index in [0.717, 1.165) is 12.1 Å². The third-order valence-corrected chi connectivity index (χ3v) is 5.09. The molecule has 14 heteroatoms. The molecule has 0 unspecified atom stereocenters. The van der Waals surface area contributed by atoms with Crippen molar-refractivity contribution in [3.63, 3.8) is 0 Å². The van der Waals surface area contributed by atoms with Gasteiger partial charge in [0, 0.05) is 6.42 Å². The van der Waals surface area contributed by atoms with Crippen molar-refractivity contribution in [2.24, 2.45) is 0 Å². The van der Waals surface area contributed by atoms with Crippen LogP contribution in [0.4, 0.5) is 39.5 Å². The van der Waals surface area contributed by atoms with E-state index in [0.29, 0.717) is 12.1 Å². The number of aromatic carboxylic acids is 1. The summed E-state index contributed by atoms with van der Waals surface area (Å²) in [6.45, 7) is 0. The zero-order valence-corrected chi connectivity index (χ0v) is 13.5. The first-order chi connectivity index (χ1) is 11.9. The van der Waals surface area contributed by atoms with E-state index >= 15 is 0 Å². The molecule has 0 heterocycles. The molecular formula is C13H9F9O4S. The smallest absolute Gasteiger partial charge is 0.460 e. The molecular weight excluding hydrogens is 423 g/mol. The van der Waals surface area contributed by atoms with Crippen molar-refractivity contribution in [3.8, 4) is 0 Å². The number of sulfone groups is 1. The van der Waals surface area contributed by atoms with Crippen LogP contribution < -0.4 is 0 Å². The zero-order chi connectivity index (χ0) is 21.5. The molecule has 0 aliphatic heterocycles. The monoisotopic (exact) mass is 432 g/mol. The van der Waals surface area contributed by atoms with Crippen LogP contribution in [-0.2, 0) is 9.84 Å². The number of rotatable bonds is 7. The van der Waals surface area contributed by atoms with Gasteiger partial charge in [0.2, 0.25) is 0 Å². The summed E-state index contributed by atoms with van der Waals surface area (Å²) in [6, 6.07) is 2.72. The second kappa shape index (κ2) is 6.87. The van der Waals surface area contributed by atoms with Gasteiger partial charge in [-0.1, -0.05) is 0 Å². The van der Waals surface area contributed by atoms with Crippen molar-refractivity contribution in [2.45, 2.75) is 35.3 Å². The third-order valence-electron chi connectivity index (χ3n) is 3.35. The molecule has 27 heavy (non-hydrogen) atoms. The first kappa shape index (κ1) is 23.0. The lowest BCUT2D eigenvalue weighted by molar-refractivity contribution is -0.396. The van der Waals surface area contributed by atoms with Gasteiger partial charge in [0.1, 0.15) is 0 Å². The lowest BCUT2D eigenvalue weighted by Gasteiger charge is -2.33. The van der Waals surface area contributed by atoms with Crippen LogP contribution in [0.1, 0.15) is 16.8 Å². The Labute approximate surface area is 145 Å². The summed E-state index contributed by atoms with van der Waals surface area (Å²) in [5, 5.41) is 8.63. The molecule has 0 radical (unpaired) electrons. The highest BCUT2D eigenvalue weighted by Crippen LogP contribution is 2.54. The second-order valence-corrected chi connectivity index (χ2v) is 7.36. The minimum atomic E-state index is -7.10. The molecule has 1 aromatic carbocycles. The minimum Gasteiger partial charge on any atom is -0.478 e. The summed E-state index contributed by atoms with van der Waals surface area (Å²) in [6.07, 6.45) is -9.53. The number of hydrogen-bond acceptors (Lipinski definition) is 3. The van der Waals surface area contributed by atoms with E-state index in [-0.39, 0.29) is 0 Å². The Morgan fingerprint density at radius 2 is 1.30 bits per heavy atom. The highest BCUT2D eigenvalue weighted by molar-refractivity contribution is 7.91. The van der Waals surface area contributed by atoms with Crippen molar-refractivity contribution in [3.05, 3.63) is 29.8 Å². The normalized spacial score (nSPS) is 14.3. The van der Waals surface area contributed by atoms with Gasteiger partial charge in [-0.05, 0) is 24.3 Å². The lowest BCUT2D eigenvalue weighted by Crippen LogP contribution is -2.61. The van der Waals surface area contributed by atoms with Gasteiger partial charge in [0.15, 0.2) is 9.84 Å². The number of halogens is 9. The summed E-state index contributed by atoms with van der Waals surface area (Å²) in [5.41, 5.74) is -0.407. The van der Waals surface area contributed by atoms with E-state index in [1.54, 1.807) is 0 Å². The molecule has 0 aliphatic carbocycles. The predicted octanol–water partition coefficient (Wildman–Crippen LogP) is 4.02. The van der Waals surface area contributed by atoms with Crippen LogP contribution in [0.2, 0.25) is 0 Å². The van der Waals surface area contributed by atoms with E-state index in [2.05, 4.69) is 0 Å². The zero-order valence-electron chi connectivity index (χ0n) is 12.7. The first-order valence-corrected chi connectivity index (χ1v) is 8.28. The van der Waals surface area contributed by atoms with E-state index < -0.39 is 62.4 Å². The molecule has 0 saturated carbocycles. The Morgan fingerprint density at radius 3 is 1.67 bits per heavy atom. The molecule has 0 amide bonds. The largest absolute Gasteiger partial charge is 0.478 e. The van der Waals surface area contributed by atoms with Gasteiger partial charge in [-0.2, -0.15) is 39.5 Å². The highest BCUT2D eigenvalue weighted by atomic mass is 32.2. The molecule has 1 rings (SSSR count). The molecule has 0 saturated heterocycles. The Bertz CT molecular complexity index is 798.